The Morgan fingerprint density at radius 3 is 1.55 bits per heavy atom. The quantitative estimate of drug-likeness (QED) is 0.0589. The zero-order valence-corrected chi connectivity index (χ0v) is 43.5. The average molecular weight is 1070 g/mol. The van der Waals surface area contributed by atoms with Crippen LogP contribution in [0, 0.1) is 5.92 Å². The van der Waals surface area contributed by atoms with Gasteiger partial charge in [0.15, 0.2) is 0 Å². The van der Waals surface area contributed by atoms with Crippen LogP contribution in [0.4, 0.5) is 0 Å². The molecule has 1 saturated heterocycles. The zero-order chi connectivity index (χ0) is 56.5. The average Bonchev–Trinajstić information content (AvgIpc) is 3.37. The van der Waals surface area contributed by atoms with Gasteiger partial charge in [-0.1, -0.05) is 62.4 Å². The molecule has 26 heteroatoms. The monoisotopic (exact) mass is 1070 g/mol. The second-order valence-electron chi connectivity index (χ2n) is 18.9. The van der Waals surface area contributed by atoms with Crippen molar-refractivity contribution in [1.29, 1.82) is 0 Å². The van der Waals surface area contributed by atoms with Crippen LogP contribution in [0.25, 0.3) is 0 Å². The Morgan fingerprint density at radius 2 is 1.05 bits per heavy atom. The molecule has 0 radical (unpaired) electrons. The lowest BCUT2D eigenvalue weighted by molar-refractivity contribution is -0.136. The van der Waals surface area contributed by atoms with Crippen molar-refractivity contribution in [3.8, 4) is 0 Å². The molecule has 3 rings (SSSR count). The van der Waals surface area contributed by atoms with Gasteiger partial charge in [0.25, 0.3) is 5.91 Å². The van der Waals surface area contributed by atoms with Gasteiger partial charge in [-0.25, -0.2) is 0 Å². The second-order valence-corrected chi connectivity index (χ2v) is 18.9. The maximum atomic E-state index is 14.4. The summed E-state index contributed by atoms with van der Waals surface area (Å²) in [6, 6.07) is 3.18. The summed E-state index contributed by atoms with van der Waals surface area (Å²) >= 11 is 0. The number of rotatable bonds is 20. The Labute approximate surface area is 441 Å². The van der Waals surface area contributed by atoms with Crippen LogP contribution in [0.1, 0.15) is 82.1 Å². The fourth-order valence-electron chi connectivity index (χ4n) is 8.00. The third-order valence-corrected chi connectivity index (χ3v) is 12.1. The van der Waals surface area contributed by atoms with E-state index >= 15 is 0 Å². The molecule has 1 aliphatic heterocycles. The lowest BCUT2D eigenvalue weighted by atomic mass is 10.00. The van der Waals surface area contributed by atoms with Gasteiger partial charge >= 0.3 is 0 Å². The molecular weight excluding hydrogens is 989 g/mol. The topological polar surface area (TPSA) is 436 Å². The molecule has 0 saturated carbocycles. The van der Waals surface area contributed by atoms with E-state index in [0.29, 0.717) is 5.56 Å². The molecule has 10 amide bonds. The van der Waals surface area contributed by atoms with Gasteiger partial charge in [0, 0.05) is 18.5 Å². The summed E-state index contributed by atoms with van der Waals surface area (Å²) in [6.07, 6.45) is -4.19. The summed E-state index contributed by atoms with van der Waals surface area (Å²) in [5.74, 6) is -9.14. The minimum Gasteiger partial charge on any atom is -0.391 e. The van der Waals surface area contributed by atoms with Gasteiger partial charge in [0.1, 0.15) is 54.4 Å². The number of amides is 10. The van der Waals surface area contributed by atoms with Crippen LogP contribution in [0.2, 0.25) is 0 Å². The Kier molecular flexibility index (Phi) is 26.9. The van der Waals surface area contributed by atoms with Gasteiger partial charge in [-0.05, 0) is 102 Å². The summed E-state index contributed by atoms with van der Waals surface area (Å²) in [4.78, 5) is 139. The predicted octanol–water partition coefficient (Wildman–Crippen LogP) is -5.37. The van der Waals surface area contributed by atoms with Crippen LogP contribution in [-0.2, 0) is 49.6 Å². The van der Waals surface area contributed by atoms with Gasteiger partial charge in [-0.3, -0.25) is 47.9 Å². The normalized spacial score (nSPS) is 23.4. The number of carbonyl (C=O) groups excluding carboxylic acids is 10. The highest BCUT2D eigenvalue weighted by Crippen LogP contribution is 2.11. The number of hydrogen-bond donors (Lipinski definition) is 16. The van der Waals surface area contributed by atoms with E-state index in [2.05, 4.69) is 53.2 Å². The summed E-state index contributed by atoms with van der Waals surface area (Å²) in [6.45, 7) is 5.00. The van der Waals surface area contributed by atoms with Crippen LogP contribution < -0.4 is 76.1 Å². The van der Waals surface area contributed by atoms with Crippen LogP contribution in [0.3, 0.4) is 0 Å². The molecular formula is C50H78N14O12. The van der Waals surface area contributed by atoms with Gasteiger partial charge < -0.3 is 86.3 Å². The summed E-state index contributed by atoms with van der Waals surface area (Å²) in [5.41, 5.74) is 24.2. The molecule has 0 spiro atoms. The van der Waals surface area contributed by atoms with Crippen LogP contribution in [0.5, 0.6) is 0 Å². The summed E-state index contributed by atoms with van der Waals surface area (Å²) < 4.78 is 0. The molecule has 0 bridgehead atoms. The van der Waals surface area contributed by atoms with Crippen molar-refractivity contribution >= 4 is 59.1 Å². The van der Waals surface area contributed by atoms with Gasteiger partial charge in [0.2, 0.25) is 53.2 Å². The summed E-state index contributed by atoms with van der Waals surface area (Å²) in [7, 11) is 0. The number of nitrogens with one attached hydrogen (secondary N) is 10. The van der Waals surface area contributed by atoms with Crippen molar-refractivity contribution in [3.63, 3.8) is 0 Å². The molecule has 1 aliphatic rings. The van der Waals surface area contributed by atoms with Crippen LogP contribution >= 0.6 is 0 Å². The number of nitrogens with two attached hydrogens (primary N) is 4. The minimum absolute atomic E-state index is 0.0578. The lowest BCUT2D eigenvalue weighted by Gasteiger charge is -2.28. The van der Waals surface area contributed by atoms with E-state index in [0.717, 1.165) is 0 Å². The Morgan fingerprint density at radius 1 is 0.579 bits per heavy atom. The Bertz CT molecular complexity index is 2260. The first-order valence-electron chi connectivity index (χ1n) is 25.4. The highest BCUT2D eigenvalue weighted by atomic mass is 16.3. The Balaban J connectivity index is 2.11. The zero-order valence-electron chi connectivity index (χ0n) is 43.5. The fraction of sp³-hybridized carbons (Fsp3) is 0.560. The van der Waals surface area contributed by atoms with E-state index < -0.39 is 139 Å². The first-order valence-corrected chi connectivity index (χ1v) is 25.4. The van der Waals surface area contributed by atoms with Gasteiger partial charge in [-0.2, -0.15) is 0 Å². The van der Waals surface area contributed by atoms with E-state index in [1.165, 1.54) is 26.0 Å². The van der Waals surface area contributed by atoms with E-state index in [-0.39, 0.29) is 76.2 Å². The van der Waals surface area contributed by atoms with Gasteiger partial charge in [0.05, 0.1) is 12.2 Å². The SMILES string of the molecule is CC(C)C[C@@H]1NC(=O)[C@@H](Cc2ccccc2)NC(=O)[C@H](CCN)NC(=O)[C@@H](NC(=O)[C@H](CCN)NC(=O)[C@@H](NC(=O)c2ccccc2)C(C)O)CCNC(=O)C(C(C)O)NC(=O)[C@H](CCN)NC(=O)[C@H](CCN)NC1=O. The van der Waals surface area contributed by atoms with Crippen molar-refractivity contribution in [3.05, 3.63) is 71.8 Å². The third-order valence-electron chi connectivity index (χ3n) is 12.1. The maximum absolute atomic E-state index is 14.4. The van der Waals surface area contributed by atoms with E-state index in [1.54, 1.807) is 62.4 Å². The summed E-state index contributed by atoms with van der Waals surface area (Å²) in [5, 5.41) is 46.7. The van der Waals surface area contributed by atoms with Gasteiger partial charge in [-0.15, -0.1) is 0 Å². The minimum atomic E-state index is -1.66. The number of carbonyl (C=O) groups is 10. The maximum Gasteiger partial charge on any atom is 0.252 e. The molecule has 76 heavy (non-hydrogen) atoms. The number of hydrogen-bond acceptors (Lipinski definition) is 16. The van der Waals surface area contributed by atoms with E-state index in [4.69, 9.17) is 22.9 Å². The smallest absolute Gasteiger partial charge is 0.252 e. The molecule has 0 aliphatic carbocycles. The highest BCUT2D eigenvalue weighted by molar-refractivity contribution is 6.00. The first-order chi connectivity index (χ1) is 36.1. The molecule has 2 aromatic carbocycles. The van der Waals surface area contributed by atoms with E-state index in [1.807, 2.05) is 0 Å². The number of benzene rings is 2. The number of aliphatic hydroxyl groups is 2. The molecule has 11 atom stereocenters. The highest BCUT2D eigenvalue weighted by Gasteiger charge is 2.37. The molecule has 0 aromatic heterocycles. The molecule has 3 unspecified atom stereocenters. The molecule has 420 valence electrons. The molecule has 20 N–H and O–H groups in total. The van der Waals surface area contributed by atoms with Crippen molar-refractivity contribution in [2.45, 2.75) is 139 Å². The molecule has 2 aromatic rings. The second kappa shape index (κ2) is 32.4. The first kappa shape index (κ1) is 63.2. The van der Waals surface area contributed by atoms with Crippen molar-refractivity contribution in [2.75, 3.05) is 32.7 Å². The van der Waals surface area contributed by atoms with Crippen molar-refractivity contribution < 1.29 is 58.2 Å². The molecule has 26 nitrogen and oxygen atoms in total. The van der Waals surface area contributed by atoms with Crippen molar-refractivity contribution in [2.24, 2.45) is 28.9 Å². The molecule has 1 heterocycles. The van der Waals surface area contributed by atoms with Crippen LogP contribution in [-0.4, -0.2) is 169 Å². The number of aliphatic hydroxyl groups excluding tert-OH is 2. The third kappa shape index (κ3) is 20.6. The fourth-order valence-corrected chi connectivity index (χ4v) is 8.00. The van der Waals surface area contributed by atoms with Crippen molar-refractivity contribution in [1.82, 2.24) is 53.2 Å². The molecule has 1 fully saturated rings. The Hall–Kier alpha value is -7.10. The largest absolute Gasteiger partial charge is 0.391 e. The lowest BCUT2D eigenvalue weighted by Crippen LogP contribution is -2.61. The van der Waals surface area contributed by atoms with Crippen LogP contribution in [0.15, 0.2) is 60.7 Å². The standard InChI is InChI=1S/C50H78N14O12/c1-27(2)25-37-47(73)58-32(15-20-51)42(68)57-35(18-23-54)46(72)64-39(28(3)65)49(75)55-24-19-36(45(71)56-33(16-21-52)44(70)62-38(48(74)61-37)26-30-11-7-5-8-12-30)59-43(69)34(17-22-53)60-50(76)40(29(4)66)63-41(67)31-13-9-6-10-14-31/h5-14,27-29,32-40,65-66H,15-26,51-54H2,1-4H3,(H,55,75)(H,56,71)(H,57,68)(H,58,73)(H,59,69)(H,60,76)(H,61,74)(H,62,70)(H,63,67)(H,64,72)/t28?,29?,32-,33-,34-,35-,36-,37-,38+,39?,40-/m0/s1. The predicted molar refractivity (Wildman–Crippen MR) is 278 cm³/mol. The van der Waals surface area contributed by atoms with E-state index in [9.17, 15) is 58.2 Å².